The zero-order valence-electron chi connectivity index (χ0n) is 12.9. The highest BCUT2D eigenvalue weighted by atomic mass is 19.3. The molecule has 124 valence electrons. The molecule has 0 saturated heterocycles. The molecule has 5 nitrogen and oxygen atoms in total. The molecule has 2 aromatic rings. The number of pyridine rings is 1. The van der Waals surface area contributed by atoms with E-state index >= 15 is 0 Å². The van der Waals surface area contributed by atoms with E-state index in [2.05, 4.69) is 15.0 Å². The number of hydrogen-bond donors (Lipinski definition) is 1. The second-order valence-corrected chi connectivity index (χ2v) is 4.54. The van der Waals surface area contributed by atoms with E-state index in [1.54, 1.807) is 38.4 Å². The van der Waals surface area contributed by atoms with Crippen LogP contribution in [0.2, 0.25) is 0 Å². The SMILES string of the molecule is CCOc1cc(CNc2ccc(OC)nc2)ccc1OC(F)F. The number of anilines is 1. The molecule has 7 heteroatoms. The molecular weight excluding hydrogens is 306 g/mol. The molecule has 2 rings (SSSR count). The van der Waals surface area contributed by atoms with E-state index < -0.39 is 6.61 Å². The average molecular weight is 324 g/mol. The fourth-order valence-corrected chi connectivity index (χ4v) is 1.93. The molecule has 0 aliphatic rings. The molecule has 23 heavy (non-hydrogen) atoms. The van der Waals surface area contributed by atoms with E-state index in [0.717, 1.165) is 11.3 Å². The summed E-state index contributed by atoms with van der Waals surface area (Å²) in [5.74, 6) is 0.847. The lowest BCUT2D eigenvalue weighted by Gasteiger charge is -2.13. The van der Waals surface area contributed by atoms with Gasteiger partial charge < -0.3 is 19.5 Å². The van der Waals surface area contributed by atoms with Crippen molar-refractivity contribution in [1.29, 1.82) is 0 Å². The highest BCUT2D eigenvalue weighted by Crippen LogP contribution is 2.30. The van der Waals surface area contributed by atoms with Crippen LogP contribution in [0.5, 0.6) is 17.4 Å². The lowest BCUT2D eigenvalue weighted by molar-refractivity contribution is -0.0514. The van der Waals surface area contributed by atoms with Crippen LogP contribution in [0.3, 0.4) is 0 Å². The van der Waals surface area contributed by atoms with Crippen LogP contribution in [-0.2, 0) is 6.54 Å². The molecule has 1 aromatic carbocycles. The van der Waals surface area contributed by atoms with Gasteiger partial charge in [-0.25, -0.2) is 4.98 Å². The molecule has 0 spiro atoms. The zero-order valence-corrected chi connectivity index (χ0v) is 12.9. The largest absolute Gasteiger partial charge is 0.490 e. The topological polar surface area (TPSA) is 52.6 Å². The third-order valence-electron chi connectivity index (χ3n) is 2.97. The third kappa shape index (κ3) is 4.98. The number of nitrogens with zero attached hydrogens (tertiary/aromatic N) is 1. The Kier molecular flexibility index (Phi) is 5.96. The summed E-state index contributed by atoms with van der Waals surface area (Å²) < 4.78 is 39.5. The van der Waals surface area contributed by atoms with Crippen LogP contribution in [0, 0.1) is 0 Å². The lowest BCUT2D eigenvalue weighted by Crippen LogP contribution is -2.06. The molecule has 0 radical (unpaired) electrons. The summed E-state index contributed by atoms with van der Waals surface area (Å²) in [5.41, 5.74) is 1.68. The van der Waals surface area contributed by atoms with Gasteiger partial charge in [0.1, 0.15) is 0 Å². The summed E-state index contributed by atoms with van der Waals surface area (Å²) >= 11 is 0. The highest BCUT2D eigenvalue weighted by Gasteiger charge is 2.11. The van der Waals surface area contributed by atoms with E-state index in [4.69, 9.17) is 9.47 Å². The quantitative estimate of drug-likeness (QED) is 0.802. The minimum atomic E-state index is -2.89. The number of ether oxygens (including phenoxy) is 3. The van der Waals surface area contributed by atoms with E-state index in [1.165, 1.54) is 6.07 Å². The molecule has 0 aliphatic carbocycles. The van der Waals surface area contributed by atoms with Crippen molar-refractivity contribution in [2.45, 2.75) is 20.1 Å². The van der Waals surface area contributed by atoms with Gasteiger partial charge in [-0.2, -0.15) is 8.78 Å². The van der Waals surface area contributed by atoms with Gasteiger partial charge in [-0.3, -0.25) is 0 Å². The number of rotatable bonds is 8. The standard InChI is InChI=1S/C16H18F2N2O3/c1-3-22-14-8-11(4-6-13(14)23-16(17)18)9-19-12-5-7-15(21-2)20-10-12/h4-8,10,16,19H,3,9H2,1-2H3. The van der Waals surface area contributed by atoms with E-state index in [-0.39, 0.29) is 5.75 Å². The van der Waals surface area contributed by atoms with Crippen molar-refractivity contribution in [1.82, 2.24) is 4.98 Å². The second kappa shape index (κ2) is 8.17. The molecular formula is C16H18F2N2O3. The normalized spacial score (nSPS) is 10.5. The van der Waals surface area contributed by atoms with Crippen molar-refractivity contribution in [2.24, 2.45) is 0 Å². The van der Waals surface area contributed by atoms with E-state index in [0.29, 0.717) is 24.8 Å². The first-order valence-corrected chi connectivity index (χ1v) is 7.06. The Labute approximate surface area is 133 Å². The van der Waals surface area contributed by atoms with Gasteiger partial charge in [0, 0.05) is 12.6 Å². The molecule has 0 aliphatic heterocycles. The maximum absolute atomic E-state index is 12.4. The van der Waals surface area contributed by atoms with Gasteiger partial charge in [-0.15, -0.1) is 0 Å². The summed E-state index contributed by atoms with van der Waals surface area (Å²) in [7, 11) is 1.55. The van der Waals surface area contributed by atoms with Crippen molar-refractivity contribution in [3.05, 3.63) is 42.1 Å². The van der Waals surface area contributed by atoms with Gasteiger partial charge in [-0.1, -0.05) is 6.07 Å². The van der Waals surface area contributed by atoms with Crippen molar-refractivity contribution in [2.75, 3.05) is 19.0 Å². The second-order valence-electron chi connectivity index (χ2n) is 4.54. The van der Waals surface area contributed by atoms with Crippen LogP contribution in [0.4, 0.5) is 14.5 Å². The Morgan fingerprint density at radius 3 is 2.61 bits per heavy atom. The summed E-state index contributed by atoms with van der Waals surface area (Å²) in [6, 6.07) is 8.42. The van der Waals surface area contributed by atoms with Crippen molar-refractivity contribution in [3.8, 4) is 17.4 Å². The van der Waals surface area contributed by atoms with Crippen LogP contribution in [-0.4, -0.2) is 25.3 Å². The Morgan fingerprint density at radius 1 is 1.17 bits per heavy atom. The first-order chi connectivity index (χ1) is 11.1. The van der Waals surface area contributed by atoms with E-state index in [1.807, 2.05) is 6.07 Å². The summed E-state index contributed by atoms with van der Waals surface area (Å²) in [4.78, 5) is 4.09. The van der Waals surface area contributed by atoms with E-state index in [9.17, 15) is 8.78 Å². The molecule has 1 heterocycles. The molecule has 0 unspecified atom stereocenters. The third-order valence-corrected chi connectivity index (χ3v) is 2.97. The monoisotopic (exact) mass is 324 g/mol. The van der Waals surface area contributed by atoms with Crippen molar-refractivity contribution < 1.29 is 23.0 Å². The molecule has 1 aromatic heterocycles. The first kappa shape index (κ1) is 16.8. The number of alkyl halides is 2. The summed E-state index contributed by atoms with van der Waals surface area (Å²) in [6.45, 7) is -0.259. The predicted molar refractivity (Wildman–Crippen MR) is 82.4 cm³/mol. The number of halogens is 2. The maximum Gasteiger partial charge on any atom is 0.387 e. The fraction of sp³-hybridized carbons (Fsp3) is 0.312. The Bertz CT molecular complexity index is 621. The van der Waals surface area contributed by atoms with Crippen LogP contribution in [0.1, 0.15) is 12.5 Å². The number of benzene rings is 1. The van der Waals surface area contributed by atoms with Gasteiger partial charge in [0.05, 0.1) is 25.6 Å². The van der Waals surface area contributed by atoms with Crippen LogP contribution >= 0.6 is 0 Å². The smallest absolute Gasteiger partial charge is 0.387 e. The molecule has 0 saturated carbocycles. The molecule has 1 N–H and O–H groups in total. The molecule has 0 atom stereocenters. The van der Waals surface area contributed by atoms with Crippen molar-refractivity contribution in [3.63, 3.8) is 0 Å². The predicted octanol–water partition coefficient (Wildman–Crippen LogP) is 3.70. The average Bonchev–Trinajstić information content (AvgIpc) is 2.55. The minimum absolute atomic E-state index is 0.0247. The number of aromatic nitrogens is 1. The van der Waals surface area contributed by atoms with Crippen LogP contribution < -0.4 is 19.5 Å². The first-order valence-electron chi connectivity index (χ1n) is 7.06. The molecule has 0 amide bonds. The summed E-state index contributed by atoms with van der Waals surface area (Å²) in [6.07, 6.45) is 1.65. The Balaban J connectivity index is 2.05. The summed E-state index contributed by atoms with van der Waals surface area (Å²) in [5, 5.41) is 3.18. The van der Waals surface area contributed by atoms with Gasteiger partial charge >= 0.3 is 6.61 Å². The molecule has 0 fully saturated rings. The van der Waals surface area contributed by atoms with Crippen LogP contribution in [0.15, 0.2) is 36.5 Å². The fourth-order valence-electron chi connectivity index (χ4n) is 1.93. The number of hydrogen-bond acceptors (Lipinski definition) is 5. The lowest BCUT2D eigenvalue weighted by atomic mass is 10.2. The van der Waals surface area contributed by atoms with Crippen LogP contribution in [0.25, 0.3) is 0 Å². The Morgan fingerprint density at radius 2 is 2.00 bits per heavy atom. The zero-order chi connectivity index (χ0) is 16.7. The van der Waals surface area contributed by atoms with Gasteiger partial charge in [-0.05, 0) is 30.7 Å². The molecule has 0 bridgehead atoms. The van der Waals surface area contributed by atoms with Gasteiger partial charge in [0.2, 0.25) is 5.88 Å². The van der Waals surface area contributed by atoms with Crippen molar-refractivity contribution >= 4 is 5.69 Å². The highest BCUT2D eigenvalue weighted by molar-refractivity contribution is 5.46. The number of nitrogens with one attached hydrogen (secondary N) is 1. The van der Waals surface area contributed by atoms with Gasteiger partial charge in [0.15, 0.2) is 11.5 Å². The minimum Gasteiger partial charge on any atom is -0.490 e. The number of methoxy groups -OCH3 is 1. The van der Waals surface area contributed by atoms with Gasteiger partial charge in [0.25, 0.3) is 0 Å². The Hall–Kier alpha value is -2.57. The maximum atomic E-state index is 12.4.